The molecule has 20 aromatic rings. The van der Waals surface area contributed by atoms with E-state index in [1.54, 1.807) is 131 Å². The minimum atomic E-state index is -0.272. The molecule has 0 bridgehead atoms. The Kier molecular flexibility index (Phi) is 26.1. The van der Waals surface area contributed by atoms with Crippen LogP contribution in [0.1, 0.15) is 121 Å². The lowest BCUT2D eigenvalue weighted by atomic mass is 10.1. The molecule has 0 atom stereocenters. The Morgan fingerprint density at radius 3 is 1.12 bits per heavy atom. The highest BCUT2D eigenvalue weighted by Crippen LogP contribution is 2.37. The molecule has 6 amide bonds. The minimum absolute atomic E-state index is 0.0209. The quantitative estimate of drug-likeness (QED) is 0.0265. The number of morpholine rings is 1. The van der Waals surface area contributed by atoms with E-state index in [0.29, 0.717) is 211 Å². The summed E-state index contributed by atoms with van der Waals surface area (Å²) in [6, 6.07) is 17.1. The number of H-pyrrole nitrogens is 8. The van der Waals surface area contributed by atoms with Gasteiger partial charge in [0.15, 0.2) is 51.7 Å². The number of hydrogen-bond acceptors (Lipinski definition) is 29. The third-order valence-corrected chi connectivity index (χ3v) is 22.7. The number of aromatic nitrogens is 28. The fraction of sp³-hybridized carbons (Fsp3) is 0.208. The first-order valence-electron chi connectivity index (χ1n) is 44.4. The molecule has 20 aromatic heterocycles. The summed E-state index contributed by atoms with van der Waals surface area (Å²) in [6.07, 6.45) is 33.1. The molecule has 0 saturated carbocycles. The number of rotatable bonds is 23. The fourth-order valence-electron chi connectivity index (χ4n) is 15.4. The van der Waals surface area contributed by atoms with Crippen molar-refractivity contribution in [3.8, 4) is 90.6 Å². The van der Waals surface area contributed by atoms with Gasteiger partial charge in [0.1, 0.15) is 50.6 Å². The number of ketones is 2. The van der Waals surface area contributed by atoms with Crippen molar-refractivity contribution in [1.29, 1.82) is 0 Å². The lowest BCUT2D eigenvalue weighted by molar-refractivity contribution is -0.119. The average Bonchev–Trinajstić information content (AvgIpc) is 1.62. The highest BCUT2D eigenvalue weighted by Gasteiger charge is 2.28. The van der Waals surface area contributed by atoms with Gasteiger partial charge in [-0.05, 0) is 54.4 Å². The zero-order valence-corrected chi connectivity index (χ0v) is 76.3. The predicted molar refractivity (Wildman–Crippen MR) is 518 cm³/mol. The first-order valence-corrected chi connectivity index (χ1v) is 44.4. The standard InChI is InChI=1S/C25H23N9O3.C25H24N8O2.C23H21N9O2.C23H20N8O2/c1-2-20(35)29-16-7-14(9-26-11-16)15-8-17-22(32-33-23(17)28-10-15)24-30-19-13-27-12-18(21(19)31-24)25(36)34-3-5-37-6-4-34;1-4-20(34)18-11-27-12-19-22(18)31-25(30-19)23-17-7-15(9-28-24(17)33-32-23)14-6-16(10-26-8-14)29-21(35)5-13(2)3;1-11(2)22(33)28-14-4-12(6-25-8-14)13-5-15-19(31-32-20(15)27-7-13)21-29-17-10-26-9-16(18(17)30-21)23(34)24-3;1-3-15(32)7-14-5-4-12(8-26-14)13-6-16-20(30-31-21(16)27-9-13)22-28-18-11-25-10-17(19(18)29-22)23(33)24-2/h7-13H,2-6H2,1H3,(H,29,35)(H,30,31)(H,28,32,33);6-13H,4-5H2,1-3H3,(H,29,35)(H,30,31)(H,28,32,33);4-11H,1-3H3,(H,24,34)(H,28,33)(H,29,30)(H,27,31,32);4-6,8-11H,3,7H2,1-2H3,(H,24,33)(H,28,29)(H,27,30,31). The largest absolute Gasteiger partial charge is 0.378 e. The number of fused-ring (bicyclic) bond motifs is 8. The average molecular weight is 1860 g/mol. The van der Waals surface area contributed by atoms with E-state index < -0.39 is 0 Å². The van der Waals surface area contributed by atoms with Crippen molar-refractivity contribution in [1.82, 2.24) is 156 Å². The Bertz CT molecular complexity index is 8140. The van der Waals surface area contributed by atoms with E-state index in [1.165, 1.54) is 12.4 Å². The highest BCUT2D eigenvalue weighted by molar-refractivity contribution is 6.10. The van der Waals surface area contributed by atoms with E-state index in [9.17, 15) is 38.4 Å². The second-order valence-corrected chi connectivity index (χ2v) is 33.0. The molecule has 21 rings (SSSR count). The van der Waals surface area contributed by atoms with E-state index in [-0.39, 0.29) is 58.8 Å². The summed E-state index contributed by atoms with van der Waals surface area (Å²) in [6.45, 7) is 15.2. The van der Waals surface area contributed by atoms with Crippen LogP contribution in [0.4, 0.5) is 17.1 Å². The molecule has 43 nitrogen and oxygen atoms in total. The number of amides is 6. The number of hydrogen-bond donors (Lipinski definition) is 13. The molecule has 21 heterocycles. The topological polar surface area (TPSA) is 593 Å². The molecule has 1 fully saturated rings. The van der Waals surface area contributed by atoms with Crippen LogP contribution in [-0.4, -0.2) is 233 Å². The van der Waals surface area contributed by atoms with Crippen molar-refractivity contribution in [3.63, 3.8) is 0 Å². The number of pyridine rings is 12. The predicted octanol–water partition coefficient (Wildman–Crippen LogP) is 13.1. The number of anilines is 3. The van der Waals surface area contributed by atoms with Crippen molar-refractivity contribution in [3.05, 3.63) is 200 Å². The maximum atomic E-state index is 13.2. The third kappa shape index (κ3) is 19.5. The van der Waals surface area contributed by atoms with Crippen LogP contribution in [0.25, 0.3) is 179 Å². The molecule has 13 N–H and O–H groups in total. The van der Waals surface area contributed by atoms with E-state index in [2.05, 4.69) is 162 Å². The number of nitrogens with zero attached hydrogens (tertiary/aromatic N) is 21. The zero-order chi connectivity index (χ0) is 96.6. The maximum absolute atomic E-state index is 13.2. The highest BCUT2D eigenvalue weighted by atomic mass is 16.5. The number of aromatic amines is 8. The SMILES string of the molecule is CCC(=O)Cc1ccc(-c2cnc3n[nH]c(-c4nc5c(C(=O)NC)cncc5[nH]4)c3c2)cn1.CCC(=O)Nc1cncc(-c2cnc3n[nH]c(-c4nc5c(C(=O)N6CCOCC6)cncc5[nH]4)c3c2)c1.CCC(=O)c1cncc2[nH]c(-c3[nH]nc4ncc(-c5cncc(NC(=O)CC(C)C)c5)cc34)nc12.CNC(=O)c1cncc2[nH]c(-c3[nH]nc4ncc(-c5cncc(NC(=O)C(C)C)c5)cc34)nc12. The van der Waals surface area contributed by atoms with Crippen molar-refractivity contribution in [2.24, 2.45) is 11.8 Å². The van der Waals surface area contributed by atoms with Gasteiger partial charge >= 0.3 is 0 Å². The number of carbonyl (C=O) groups excluding carboxylic acids is 8. The molecule has 1 aliphatic rings. The lowest BCUT2D eigenvalue weighted by Gasteiger charge is -2.26. The molecule has 1 aliphatic heterocycles. The van der Waals surface area contributed by atoms with Gasteiger partial charge in [-0.25, -0.2) is 39.9 Å². The third-order valence-electron chi connectivity index (χ3n) is 22.7. The van der Waals surface area contributed by atoms with Crippen LogP contribution in [0.3, 0.4) is 0 Å². The molecular formula is C96H88N34O9. The molecule has 696 valence electrons. The second kappa shape index (κ2) is 39.8. The first kappa shape index (κ1) is 91.2. The van der Waals surface area contributed by atoms with E-state index >= 15 is 0 Å². The smallest absolute Gasteiger partial charge is 0.257 e. The van der Waals surface area contributed by atoms with Crippen LogP contribution in [0.5, 0.6) is 0 Å². The molecule has 0 unspecified atom stereocenters. The van der Waals surface area contributed by atoms with E-state index in [1.807, 2.05) is 96.1 Å². The summed E-state index contributed by atoms with van der Waals surface area (Å²) < 4.78 is 5.37. The summed E-state index contributed by atoms with van der Waals surface area (Å²) in [5, 5.41) is 46.0. The van der Waals surface area contributed by atoms with Crippen LogP contribution in [0, 0.1) is 11.8 Å². The maximum Gasteiger partial charge on any atom is 0.257 e. The number of ether oxygens (including phenoxy) is 1. The van der Waals surface area contributed by atoms with Crippen LogP contribution in [-0.2, 0) is 30.3 Å². The van der Waals surface area contributed by atoms with Crippen LogP contribution < -0.4 is 26.6 Å². The molecule has 0 spiro atoms. The number of carbonyl (C=O) groups is 8. The number of Topliss-reactive ketones (excluding diaryl/α,β-unsaturated/α-hetero) is 2. The van der Waals surface area contributed by atoms with Gasteiger partial charge in [0.2, 0.25) is 17.7 Å². The van der Waals surface area contributed by atoms with Gasteiger partial charge in [-0.1, -0.05) is 54.5 Å². The lowest BCUT2D eigenvalue weighted by Crippen LogP contribution is -2.40. The Morgan fingerprint density at radius 2 is 0.741 bits per heavy atom. The summed E-state index contributed by atoms with van der Waals surface area (Å²) in [5.74, 6) is 1.46. The molecule has 0 aliphatic carbocycles. The Morgan fingerprint density at radius 1 is 0.381 bits per heavy atom. The normalized spacial score (nSPS) is 12.0. The van der Waals surface area contributed by atoms with Crippen molar-refractivity contribution < 1.29 is 43.1 Å². The van der Waals surface area contributed by atoms with Crippen LogP contribution >= 0.6 is 0 Å². The molecule has 0 aromatic carbocycles. The van der Waals surface area contributed by atoms with Gasteiger partial charge in [0, 0.05) is 190 Å². The monoisotopic (exact) mass is 1860 g/mol. The van der Waals surface area contributed by atoms with Crippen molar-refractivity contribution in [2.45, 2.75) is 80.6 Å². The summed E-state index contributed by atoms with van der Waals surface area (Å²) >= 11 is 0. The van der Waals surface area contributed by atoms with E-state index in [0.717, 1.165) is 71.7 Å². The van der Waals surface area contributed by atoms with Gasteiger partial charge in [0.25, 0.3) is 17.7 Å². The van der Waals surface area contributed by atoms with Crippen LogP contribution in [0.15, 0.2) is 172 Å². The molecule has 43 heteroatoms. The second-order valence-electron chi connectivity index (χ2n) is 33.0. The van der Waals surface area contributed by atoms with Crippen molar-refractivity contribution >= 4 is 152 Å². The molecule has 139 heavy (non-hydrogen) atoms. The van der Waals surface area contributed by atoms with Gasteiger partial charge in [-0.3, -0.25) is 98.6 Å². The first-order chi connectivity index (χ1) is 67.5. The van der Waals surface area contributed by atoms with E-state index in [4.69, 9.17) is 9.72 Å². The van der Waals surface area contributed by atoms with Gasteiger partial charge in [-0.2, -0.15) is 20.4 Å². The number of imidazole rings is 4. The Hall–Kier alpha value is -18.3. The molecular weight excluding hydrogens is 1770 g/mol. The van der Waals surface area contributed by atoms with Gasteiger partial charge < -0.3 is 56.2 Å². The Balaban J connectivity index is 0.000000123. The summed E-state index contributed by atoms with van der Waals surface area (Å²) in [4.78, 5) is 183. The van der Waals surface area contributed by atoms with Gasteiger partial charge in [0.05, 0.1) is 140 Å². The minimum Gasteiger partial charge on any atom is -0.378 e. The summed E-state index contributed by atoms with van der Waals surface area (Å²) in [7, 11) is 3.12. The van der Waals surface area contributed by atoms with Gasteiger partial charge in [-0.15, -0.1) is 0 Å². The summed E-state index contributed by atoms with van der Waals surface area (Å²) in [5.41, 5.74) is 20.2. The van der Waals surface area contributed by atoms with Crippen LogP contribution in [0.2, 0.25) is 0 Å². The van der Waals surface area contributed by atoms with Crippen molar-refractivity contribution in [2.75, 3.05) is 56.3 Å². The number of nitrogens with one attached hydrogen (secondary N) is 13. The molecule has 1 saturated heterocycles. The molecule has 0 radical (unpaired) electrons. The zero-order valence-electron chi connectivity index (χ0n) is 76.3. The fourth-order valence-corrected chi connectivity index (χ4v) is 15.4. The Labute approximate surface area is 787 Å².